The van der Waals surface area contributed by atoms with Crippen LogP contribution in [0, 0.1) is 23.2 Å². The third kappa shape index (κ3) is 2.36. The first-order chi connectivity index (χ1) is 12.1. The van der Waals surface area contributed by atoms with Gasteiger partial charge in [0.15, 0.2) is 11.6 Å². The predicted octanol–water partition coefficient (Wildman–Crippen LogP) is 2.08. The maximum atomic E-state index is 13.2. The number of hydrogen-bond donors (Lipinski definition) is 0. The second kappa shape index (κ2) is 5.34. The van der Waals surface area contributed by atoms with Gasteiger partial charge in [0.2, 0.25) is 5.82 Å². The van der Waals surface area contributed by atoms with Crippen molar-refractivity contribution in [2.75, 3.05) is 0 Å². The van der Waals surface area contributed by atoms with Crippen LogP contribution in [0.4, 0.5) is 0 Å². The van der Waals surface area contributed by atoms with E-state index in [-0.39, 0.29) is 23.6 Å². The van der Waals surface area contributed by atoms with E-state index in [1.165, 1.54) is 23.8 Å². The van der Waals surface area contributed by atoms with Crippen molar-refractivity contribution in [3.63, 3.8) is 0 Å². The SMILES string of the molecule is O=C(Cn1c(-c2ncccn2)noc1=O)C12CC3CC(CC(C3)C1)C2. The van der Waals surface area contributed by atoms with Crippen molar-refractivity contribution >= 4 is 5.78 Å². The fourth-order valence-electron chi connectivity index (χ4n) is 5.75. The number of rotatable bonds is 4. The summed E-state index contributed by atoms with van der Waals surface area (Å²) in [5.74, 6) is 2.11. The first-order valence-electron chi connectivity index (χ1n) is 9.00. The fourth-order valence-corrected chi connectivity index (χ4v) is 5.75. The van der Waals surface area contributed by atoms with Crippen LogP contribution in [0.25, 0.3) is 11.6 Å². The normalized spacial score (nSPS) is 32.9. The van der Waals surface area contributed by atoms with Crippen molar-refractivity contribution in [2.45, 2.75) is 45.1 Å². The van der Waals surface area contributed by atoms with Gasteiger partial charge >= 0.3 is 5.76 Å². The lowest BCUT2D eigenvalue weighted by Gasteiger charge is -2.55. The molecule has 0 spiro atoms. The highest BCUT2D eigenvalue weighted by Crippen LogP contribution is 2.60. The van der Waals surface area contributed by atoms with E-state index in [2.05, 4.69) is 15.1 Å². The molecule has 0 saturated heterocycles. The van der Waals surface area contributed by atoms with E-state index in [0.29, 0.717) is 23.6 Å². The van der Waals surface area contributed by atoms with Crippen LogP contribution in [0.5, 0.6) is 0 Å². The summed E-state index contributed by atoms with van der Waals surface area (Å²) < 4.78 is 6.08. The molecule has 0 aliphatic heterocycles. The highest BCUT2D eigenvalue weighted by atomic mass is 16.5. The van der Waals surface area contributed by atoms with Gasteiger partial charge in [-0.1, -0.05) is 5.16 Å². The summed E-state index contributed by atoms with van der Waals surface area (Å²) in [7, 11) is 0. The van der Waals surface area contributed by atoms with Crippen molar-refractivity contribution in [2.24, 2.45) is 23.2 Å². The zero-order valence-corrected chi connectivity index (χ0v) is 13.9. The monoisotopic (exact) mass is 340 g/mol. The molecular weight excluding hydrogens is 320 g/mol. The lowest BCUT2D eigenvalue weighted by Crippen LogP contribution is -2.51. The van der Waals surface area contributed by atoms with Crippen molar-refractivity contribution in [1.82, 2.24) is 19.7 Å². The second-order valence-corrected chi connectivity index (χ2v) is 8.05. The summed E-state index contributed by atoms with van der Waals surface area (Å²) in [5.41, 5.74) is -0.250. The van der Waals surface area contributed by atoms with Crippen molar-refractivity contribution in [1.29, 1.82) is 0 Å². The molecule has 7 heteroatoms. The summed E-state index contributed by atoms with van der Waals surface area (Å²) in [6.45, 7) is 0.00206. The zero-order valence-electron chi connectivity index (χ0n) is 13.9. The third-order valence-corrected chi connectivity index (χ3v) is 6.38. The van der Waals surface area contributed by atoms with Crippen LogP contribution in [0.1, 0.15) is 38.5 Å². The Balaban J connectivity index is 1.46. The topological polar surface area (TPSA) is 90.9 Å². The molecule has 7 nitrogen and oxygen atoms in total. The van der Waals surface area contributed by atoms with Gasteiger partial charge in [0, 0.05) is 17.8 Å². The average Bonchev–Trinajstić information content (AvgIpc) is 2.95. The number of hydrogen-bond acceptors (Lipinski definition) is 6. The Kier molecular flexibility index (Phi) is 3.20. The molecule has 4 aliphatic carbocycles. The van der Waals surface area contributed by atoms with E-state index < -0.39 is 5.76 Å². The smallest absolute Gasteiger partial charge is 0.297 e. The Morgan fingerprint density at radius 2 is 1.72 bits per heavy atom. The lowest BCUT2D eigenvalue weighted by atomic mass is 9.48. The van der Waals surface area contributed by atoms with Gasteiger partial charge in [-0.25, -0.2) is 19.3 Å². The maximum Gasteiger partial charge on any atom is 0.442 e. The average molecular weight is 340 g/mol. The molecule has 0 unspecified atom stereocenters. The van der Waals surface area contributed by atoms with E-state index in [1.807, 2.05) is 0 Å². The Morgan fingerprint density at radius 3 is 2.32 bits per heavy atom. The molecule has 2 aromatic rings. The summed E-state index contributed by atoms with van der Waals surface area (Å²) in [6, 6.07) is 1.69. The first kappa shape index (κ1) is 15.0. The highest BCUT2D eigenvalue weighted by molar-refractivity contribution is 5.85. The Morgan fingerprint density at radius 1 is 1.12 bits per heavy atom. The van der Waals surface area contributed by atoms with Gasteiger partial charge in [-0.05, 0) is 62.3 Å². The van der Waals surface area contributed by atoms with Gasteiger partial charge in [0.25, 0.3) is 0 Å². The molecule has 0 amide bonds. The summed E-state index contributed by atoms with van der Waals surface area (Å²) in [6.07, 6.45) is 9.94. The predicted molar refractivity (Wildman–Crippen MR) is 87.4 cm³/mol. The van der Waals surface area contributed by atoms with Crippen LogP contribution < -0.4 is 5.76 Å². The number of ketones is 1. The molecule has 4 aliphatic rings. The van der Waals surface area contributed by atoms with Gasteiger partial charge in [-0.15, -0.1) is 0 Å². The minimum Gasteiger partial charge on any atom is -0.297 e. The highest BCUT2D eigenvalue weighted by Gasteiger charge is 2.54. The number of carbonyl (C=O) groups is 1. The van der Waals surface area contributed by atoms with Crippen LogP contribution in [0.3, 0.4) is 0 Å². The molecule has 4 bridgehead atoms. The minimum absolute atomic E-state index is 0.00206. The second-order valence-electron chi connectivity index (χ2n) is 8.05. The molecule has 0 radical (unpaired) electrons. The largest absolute Gasteiger partial charge is 0.442 e. The summed E-state index contributed by atoms with van der Waals surface area (Å²) in [5, 5.41) is 3.78. The molecule has 130 valence electrons. The lowest BCUT2D eigenvalue weighted by molar-refractivity contribution is -0.144. The minimum atomic E-state index is -0.625. The molecule has 2 aromatic heterocycles. The molecule has 0 N–H and O–H groups in total. The van der Waals surface area contributed by atoms with Crippen LogP contribution in [0.2, 0.25) is 0 Å². The molecular formula is C18H20N4O3. The van der Waals surface area contributed by atoms with Crippen molar-refractivity contribution < 1.29 is 9.32 Å². The van der Waals surface area contributed by atoms with Gasteiger partial charge in [0.1, 0.15) is 0 Å². The van der Waals surface area contributed by atoms with Gasteiger partial charge in [-0.3, -0.25) is 9.32 Å². The number of carbonyl (C=O) groups excluding carboxylic acids is 1. The summed E-state index contributed by atoms with van der Waals surface area (Å²) >= 11 is 0. The van der Waals surface area contributed by atoms with Gasteiger partial charge < -0.3 is 0 Å². The van der Waals surface area contributed by atoms with E-state index in [0.717, 1.165) is 19.3 Å². The fraction of sp³-hybridized carbons (Fsp3) is 0.611. The van der Waals surface area contributed by atoms with E-state index >= 15 is 0 Å². The third-order valence-electron chi connectivity index (χ3n) is 6.38. The molecule has 2 heterocycles. The summed E-state index contributed by atoms with van der Waals surface area (Å²) in [4.78, 5) is 33.6. The number of aromatic nitrogens is 4. The molecule has 25 heavy (non-hydrogen) atoms. The van der Waals surface area contributed by atoms with Crippen LogP contribution in [0.15, 0.2) is 27.8 Å². The Labute approximate surface area is 144 Å². The molecule has 4 saturated carbocycles. The van der Waals surface area contributed by atoms with Crippen LogP contribution in [-0.2, 0) is 11.3 Å². The van der Waals surface area contributed by atoms with Crippen molar-refractivity contribution in [3.8, 4) is 11.6 Å². The Bertz CT molecular complexity index is 835. The van der Waals surface area contributed by atoms with Gasteiger partial charge in [-0.2, -0.15) is 0 Å². The standard InChI is InChI=1S/C18H20N4O3/c23-14(18-7-11-4-12(8-18)6-13(5-11)9-18)10-22-16(21-25-17(22)24)15-19-2-1-3-20-15/h1-3,11-13H,4-10H2. The van der Waals surface area contributed by atoms with Gasteiger partial charge in [0.05, 0.1) is 6.54 Å². The maximum absolute atomic E-state index is 13.2. The molecule has 0 aromatic carbocycles. The quantitative estimate of drug-likeness (QED) is 0.846. The molecule has 6 rings (SSSR count). The first-order valence-corrected chi connectivity index (χ1v) is 9.00. The van der Waals surface area contributed by atoms with E-state index in [4.69, 9.17) is 4.52 Å². The molecule has 0 atom stereocenters. The zero-order chi connectivity index (χ0) is 17.0. The van der Waals surface area contributed by atoms with Crippen molar-refractivity contribution in [3.05, 3.63) is 29.0 Å². The van der Waals surface area contributed by atoms with E-state index in [9.17, 15) is 9.59 Å². The molecule has 4 fully saturated rings. The van der Waals surface area contributed by atoms with Crippen LogP contribution in [-0.4, -0.2) is 25.5 Å². The number of nitrogens with zero attached hydrogens (tertiary/aromatic N) is 4. The van der Waals surface area contributed by atoms with E-state index in [1.54, 1.807) is 18.5 Å². The Hall–Kier alpha value is -2.31. The number of Topliss-reactive ketones (excluding diaryl/α,β-unsaturated/α-hetero) is 1. The van der Waals surface area contributed by atoms with Crippen LogP contribution >= 0.6 is 0 Å².